The van der Waals surface area contributed by atoms with E-state index in [1.165, 1.54) is 38.5 Å². The third-order valence-electron chi connectivity index (χ3n) is 8.06. The lowest BCUT2D eigenvalue weighted by molar-refractivity contribution is -0.0995. The van der Waals surface area contributed by atoms with Crippen molar-refractivity contribution in [2.24, 2.45) is 23.7 Å². The molecule has 2 N–H and O–H groups in total. The summed E-state index contributed by atoms with van der Waals surface area (Å²) in [6, 6.07) is 7.34. The summed E-state index contributed by atoms with van der Waals surface area (Å²) in [7, 11) is 0. The van der Waals surface area contributed by atoms with Crippen molar-refractivity contribution >= 4 is 5.91 Å². The molecule has 4 aliphatic rings. The third-order valence-corrected chi connectivity index (χ3v) is 8.06. The number of hydrogen-bond donors (Lipinski definition) is 2. The van der Waals surface area contributed by atoms with E-state index in [1.807, 2.05) is 18.2 Å². The molecule has 4 aliphatic carbocycles. The maximum absolute atomic E-state index is 12.6. The standard InChI is InChI=1S/C27H42N2O3/c1-4-29(27-14-20-11-21(15-27)13-22(12-20)16-27)17-23(30)18-32-25-8-6-5-7-24(25)26(31)28-10-9-19(2)3/h5-8,19-23,30H,4,9-18H2,1-3H3,(H,28,31). The van der Waals surface area contributed by atoms with Gasteiger partial charge in [0.15, 0.2) is 0 Å². The molecule has 4 fully saturated rings. The van der Waals surface area contributed by atoms with Crippen molar-refractivity contribution in [3.05, 3.63) is 29.8 Å². The summed E-state index contributed by atoms with van der Waals surface area (Å²) in [5, 5.41) is 13.9. The minimum Gasteiger partial charge on any atom is -0.490 e. The summed E-state index contributed by atoms with van der Waals surface area (Å²) in [6.07, 6.45) is 8.58. The number of para-hydroxylation sites is 1. The van der Waals surface area contributed by atoms with Crippen LogP contribution in [0.1, 0.15) is 76.1 Å². The van der Waals surface area contributed by atoms with Crippen LogP contribution in [0.4, 0.5) is 0 Å². The fraction of sp³-hybridized carbons (Fsp3) is 0.741. The molecule has 4 bridgehead atoms. The predicted molar refractivity (Wildman–Crippen MR) is 128 cm³/mol. The van der Waals surface area contributed by atoms with Crippen LogP contribution in [0, 0.1) is 23.7 Å². The van der Waals surface area contributed by atoms with Crippen LogP contribution in [0.5, 0.6) is 5.75 Å². The first kappa shape index (κ1) is 23.6. The summed E-state index contributed by atoms with van der Waals surface area (Å²) in [5.41, 5.74) is 0.829. The van der Waals surface area contributed by atoms with Crippen LogP contribution >= 0.6 is 0 Å². The molecule has 5 rings (SSSR count). The molecule has 5 heteroatoms. The van der Waals surface area contributed by atoms with Gasteiger partial charge in [0.25, 0.3) is 5.91 Å². The first-order valence-electron chi connectivity index (χ1n) is 12.8. The lowest BCUT2D eigenvalue weighted by atomic mass is 9.52. The number of benzene rings is 1. The lowest BCUT2D eigenvalue weighted by Gasteiger charge is -2.60. The minimum absolute atomic E-state index is 0.112. The molecule has 0 heterocycles. The van der Waals surface area contributed by atoms with Crippen LogP contribution in [0.3, 0.4) is 0 Å². The van der Waals surface area contributed by atoms with Crippen LogP contribution in [0.15, 0.2) is 24.3 Å². The molecular formula is C27H42N2O3. The van der Waals surface area contributed by atoms with Crippen molar-refractivity contribution in [1.82, 2.24) is 10.2 Å². The Hall–Kier alpha value is -1.59. The molecule has 1 unspecified atom stereocenters. The monoisotopic (exact) mass is 442 g/mol. The van der Waals surface area contributed by atoms with E-state index < -0.39 is 6.10 Å². The number of amides is 1. The molecule has 0 aliphatic heterocycles. The number of nitrogens with one attached hydrogen (secondary N) is 1. The van der Waals surface area contributed by atoms with Crippen LogP contribution in [0.25, 0.3) is 0 Å². The van der Waals surface area contributed by atoms with E-state index >= 15 is 0 Å². The average molecular weight is 443 g/mol. The van der Waals surface area contributed by atoms with Crippen molar-refractivity contribution in [3.8, 4) is 5.75 Å². The number of aliphatic hydroxyl groups excluding tert-OH is 1. The number of hydrogen-bond acceptors (Lipinski definition) is 4. The number of carbonyl (C=O) groups excluding carboxylic acids is 1. The van der Waals surface area contributed by atoms with Crippen LogP contribution < -0.4 is 10.1 Å². The molecule has 1 aromatic carbocycles. The quantitative estimate of drug-likeness (QED) is 0.530. The number of aliphatic hydroxyl groups is 1. The highest BCUT2D eigenvalue weighted by Gasteiger charge is 2.53. The van der Waals surface area contributed by atoms with Crippen molar-refractivity contribution in [1.29, 1.82) is 0 Å². The normalized spacial score (nSPS) is 29.5. The first-order chi connectivity index (χ1) is 15.4. The first-order valence-corrected chi connectivity index (χ1v) is 12.8. The van der Waals surface area contributed by atoms with Gasteiger partial charge < -0.3 is 15.2 Å². The Morgan fingerprint density at radius 1 is 1.16 bits per heavy atom. The number of ether oxygens (including phenoxy) is 1. The molecule has 0 saturated heterocycles. The SMILES string of the molecule is CCN(CC(O)COc1ccccc1C(=O)NCCC(C)C)C12CC3CC(CC(C3)C1)C2. The number of likely N-dealkylation sites (N-methyl/N-ethyl adjacent to an activating group) is 1. The fourth-order valence-electron chi connectivity index (χ4n) is 6.95. The molecule has 0 radical (unpaired) electrons. The molecule has 1 aromatic rings. The zero-order valence-electron chi connectivity index (χ0n) is 20.2. The summed E-state index contributed by atoms with van der Waals surface area (Å²) in [4.78, 5) is 15.2. The van der Waals surface area contributed by atoms with E-state index in [9.17, 15) is 9.90 Å². The highest BCUT2D eigenvalue weighted by Crippen LogP contribution is 2.57. The Kier molecular flexibility index (Phi) is 7.46. The van der Waals surface area contributed by atoms with Gasteiger partial charge in [-0.2, -0.15) is 0 Å². The molecule has 5 nitrogen and oxygen atoms in total. The van der Waals surface area contributed by atoms with E-state index in [0.717, 1.165) is 30.7 Å². The van der Waals surface area contributed by atoms with Crippen molar-refractivity contribution in [2.45, 2.75) is 77.4 Å². The van der Waals surface area contributed by atoms with E-state index in [2.05, 4.69) is 31.0 Å². The topological polar surface area (TPSA) is 61.8 Å². The number of carbonyl (C=O) groups is 1. The second kappa shape index (κ2) is 10.1. The van der Waals surface area contributed by atoms with Crippen molar-refractivity contribution < 1.29 is 14.6 Å². The minimum atomic E-state index is -0.569. The van der Waals surface area contributed by atoms with Crippen LogP contribution in [0.2, 0.25) is 0 Å². The Balaban J connectivity index is 1.33. The Morgan fingerprint density at radius 2 is 1.78 bits per heavy atom. The predicted octanol–water partition coefficient (Wildman–Crippen LogP) is 4.49. The summed E-state index contributed by atoms with van der Waals surface area (Å²) < 4.78 is 5.97. The fourth-order valence-corrected chi connectivity index (χ4v) is 6.95. The summed E-state index contributed by atoms with van der Waals surface area (Å²) >= 11 is 0. The van der Waals surface area contributed by atoms with Gasteiger partial charge in [-0.15, -0.1) is 0 Å². The maximum atomic E-state index is 12.6. The highest BCUT2D eigenvalue weighted by molar-refractivity contribution is 5.96. The van der Waals surface area contributed by atoms with E-state index in [-0.39, 0.29) is 12.5 Å². The summed E-state index contributed by atoms with van der Waals surface area (Å²) in [6.45, 7) is 9.00. The molecular weight excluding hydrogens is 400 g/mol. The summed E-state index contributed by atoms with van der Waals surface area (Å²) in [5.74, 6) is 3.66. The molecule has 32 heavy (non-hydrogen) atoms. The Bertz CT molecular complexity index is 743. The third kappa shape index (κ3) is 5.31. The van der Waals surface area contributed by atoms with Gasteiger partial charge in [0.05, 0.1) is 5.56 Å². The number of nitrogens with zero attached hydrogens (tertiary/aromatic N) is 1. The highest BCUT2D eigenvalue weighted by atomic mass is 16.5. The second-order valence-electron chi connectivity index (χ2n) is 11.1. The van der Waals surface area contributed by atoms with Gasteiger partial charge in [-0.1, -0.05) is 32.9 Å². The van der Waals surface area contributed by atoms with Gasteiger partial charge >= 0.3 is 0 Å². The average Bonchev–Trinajstić information content (AvgIpc) is 2.75. The van der Waals surface area contributed by atoms with Gasteiger partial charge in [0.2, 0.25) is 0 Å². The molecule has 4 saturated carbocycles. The van der Waals surface area contributed by atoms with Gasteiger partial charge in [0, 0.05) is 18.6 Å². The largest absolute Gasteiger partial charge is 0.490 e. The van der Waals surface area contributed by atoms with Crippen molar-refractivity contribution in [2.75, 3.05) is 26.2 Å². The molecule has 1 amide bonds. The van der Waals surface area contributed by atoms with Gasteiger partial charge in [-0.05, 0) is 87.3 Å². The van der Waals surface area contributed by atoms with Gasteiger partial charge in [-0.25, -0.2) is 0 Å². The zero-order valence-corrected chi connectivity index (χ0v) is 20.2. The smallest absolute Gasteiger partial charge is 0.255 e. The van der Waals surface area contributed by atoms with Crippen LogP contribution in [-0.2, 0) is 0 Å². The van der Waals surface area contributed by atoms with Crippen LogP contribution in [-0.4, -0.2) is 53.8 Å². The van der Waals surface area contributed by atoms with E-state index in [0.29, 0.717) is 35.9 Å². The lowest BCUT2D eigenvalue weighted by Crippen LogP contribution is -2.61. The van der Waals surface area contributed by atoms with Crippen molar-refractivity contribution in [3.63, 3.8) is 0 Å². The number of β-amino-alcohol motifs (C(OH)–C–C–N with tert-alkyl or cyclic N) is 1. The molecule has 1 atom stereocenters. The Labute approximate surface area is 193 Å². The van der Waals surface area contributed by atoms with Gasteiger partial charge in [0.1, 0.15) is 18.5 Å². The van der Waals surface area contributed by atoms with E-state index in [1.54, 1.807) is 6.07 Å². The zero-order chi connectivity index (χ0) is 22.7. The maximum Gasteiger partial charge on any atom is 0.255 e. The van der Waals surface area contributed by atoms with Gasteiger partial charge in [-0.3, -0.25) is 9.69 Å². The van der Waals surface area contributed by atoms with E-state index in [4.69, 9.17) is 4.74 Å². The second-order valence-corrected chi connectivity index (χ2v) is 11.1. The Morgan fingerprint density at radius 3 is 2.38 bits per heavy atom. The molecule has 0 spiro atoms. The molecule has 178 valence electrons. The number of rotatable bonds is 11. The molecule has 0 aromatic heterocycles.